The molecule has 0 fully saturated rings. The zero-order valence-electron chi connectivity index (χ0n) is 17.9. The van der Waals surface area contributed by atoms with E-state index in [0.29, 0.717) is 11.4 Å². The predicted molar refractivity (Wildman–Crippen MR) is 123 cm³/mol. The van der Waals surface area contributed by atoms with Gasteiger partial charge in [0.1, 0.15) is 12.3 Å². The highest BCUT2D eigenvalue weighted by atomic mass is 16.5. The second-order valence-electron chi connectivity index (χ2n) is 7.44. The monoisotopic (exact) mass is 428 g/mol. The smallest absolute Gasteiger partial charge is 0.294 e. The molecule has 3 aromatic rings. The Hall–Kier alpha value is -4.06. The lowest BCUT2D eigenvalue weighted by Crippen LogP contribution is -2.44. The summed E-state index contributed by atoms with van der Waals surface area (Å²) in [5, 5.41) is 2.97. The molecule has 1 heterocycles. The third-order valence-corrected chi connectivity index (χ3v) is 5.22. The minimum atomic E-state index is -0.373. The Labute approximate surface area is 187 Å². The highest BCUT2D eigenvalue weighted by Gasteiger charge is 2.31. The summed E-state index contributed by atoms with van der Waals surface area (Å²) in [5.74, 6) is 0.769. The normalized spacial score (nSPS) is 15.0. The fourth-order valence-corrected chi connectivity index (χ4v) is 3.53. The van der Waals surface area contributed by atoms with Crippen molar-refractivity contribution in [2.75, 3.05) is 18.6 Å². The Morgan fingerprint density at radius 1 is 1.03 bits per heavy atom. The lowest BCUT2D eigenvalue weighted by Gasteiger charge is -2.30. The van der Waals surface area contributed by atoms with E-state index >= 15 is 0 Å². The first-order valence-electron chi connectivity index (χ1n) is 10.3. The minimum absolute atomic E-state index is 0.115. The maximum Gasteiger partial charge on any atom is 0.294 e. The van der Waals surface area contributed by atoms with Gasteiger partial charge in [-0.1, -0.05) is 54.6 Å². The van der Waals surface area contributed by atoms with Crippen molar-refractivity contribution in [3.63, 3.8) is 0 Å². The fraction of sp³-hybridized carbons (Fsp3) is 0.154. The summed E-state index contributed by atoms with van der Waals surface area (Å²) in [6, 6.07) is 24.0. The van der Waals surface area contributed by atoms with Gasteiger partial charge >= 0.3 is 0 Å². The van der Waals surface area contributed by atoms with Crippen molar-refractivity contribution in [3.8, 4) is 11.5 Å². The van der Waals surface area contributed by atoms with Crippen LogP contribution in [0.2, 0.25) is 0 Å². The van der Waals surface area contributed by atoms with Crippen LogP contribution in [0.25, 0.3) is 6.08 Å². The van der Waals surface area contributed by atoms with Gasteiger partial charge in [0.2, 0.25) is 5.91 Å². The molecule has 162 valence electrons. The minimum Gasteiger partial charge on any atom is -0.497 e. The Kier molecular flexibility index (Phi) is 6.22. The van der Waals surface area contributed by atoms with Gasteiger partial charge < -0.3 is 14.8 Å². The number of methoxy groups -OCH3 is 1. The molecule has 0 aromatic heterocycles. The van der Waals surface area contributed by atoms with Crippen LogP contribution in [0.4, 0.5) is 5.69 Å². The summed E-state index contributed by atoms with van der Waals surface area (Å²) in [4.78, 5) is 27.5. The van der Waals surface area contributed by atoms with Crippen LogP contribution in [0.3, 0.4) is 0 Å². The van der Waals surface area contributed by atoms with Gasteiger partial charge in [-0.15, -0.1) is 0 Å². The number of benzene rings is 3. The summed E-state index contributed by atoms with van der Waals surface area (Å²) < 4.78 is 11.1. The van der Waals surface area contributed by atoms with Crippen molar-refractivity contribution < 1.29 is 19.1 Å². The number of ether oxygens (including phenoxy) is 2. The maximum absolute atomic E-state index is 13.2. The molecule has 32 heavy (non-hydrogen) atoms. The molecule has 0 radical (unpaired) electrons. The number of hydrogen-bond acceptors (Lipinski definition) is 4. The molecule has 6 heteroatoms. The largest absolute Gasteiger partial charge is 0.497 e. The third kappa shape index (κ3) is 4.64. The molecule has 0 bridgehead atoms. The van der Waals surface area contributed by atoms with E-state index in [2.05, 4.69) is 5.32 Å². The number of para-hydroxylation sites is 2. The fourth-order valence-electron chi connectivity index (χ4n) is 3.53. The quantitative estimate of drug-likeness (QED) is 0.593. The topological polar surface area (TPSA) is 67.9 Å². The molecular formula is C26H24N2O4. The summed E-state index contributed by atoms with van der Waals surface area (Å²) in [5.41, 5.74) is 2.34. The SMILES string of the molecule is COc1ccc(C=C2Oc3ccccc3N(CC(=O)NC(C)c3ccccc3)C2=O)cc1. The highest BCUT2D eigenvalue weighted by Crippen LogP contribution is 2.35. The van der Waals surface area contributed by atoms with E-state index in [9.17, 15) is 9.59 Å². The molecule has 0 saturated heterocycles. The molecule has 4 rings (SSSR count). The molecule has 1 aliphatic rings. The predicted octanol–water partition coefficient (Wildman–Crippen LogP) is 4.34. The number of nitrogens with one attached hydrogen (secondary N) is 1. The van der Waals surface area contributed by atoms with Crippen molar-refractivity contribution in [2.45, 2.75) is 13.0 Å². The molecular weight excluding hydrogens is 404 g/mol. The molecule has 3 aromatic carbocycles. The van der Waals surface area contributed by atoms with Crippen LogP contribution < -0.4 is 19.7 Å². The van der Waals surface area contributed by atoms with Crippen molar-refractivity contribution in [1.82, 2.24) is 5.32 Å². The molecule has 1 unspecified atom stereocenters. The van der Waals surface area contributed by atoms with E-state index in [4.69, 9.17) is 9.47 Å². The van der Waals surface area contributed by atoms with Crippen molar-refractivity contribution in [2.24, 2.45) is 0 Å². The van der Waals surface area contributed by atoms with Crippen molar-refractivity contribution in [3.05, 3.63) is 95.7 Å². The number of amides is 2. The van der Waals surface area contributed by atoms with Crippen LogP contribution in [0.15, 0.2) is 84.6 Å². The van der Waals surface area contributed by atoms with Gasteiger partial charge in [-0.25, -0.2) is 0 Å². The lowest BCUT2D eigenvalue weighted by atomic mass is 10.1. The van der Waals surface area contributed by atoms with Crippen molar-refractivity contribution in [1.29, 1.82) is 0 Å². The van der Waals surface area contributed by atoms with Gasteiger partial charge in [0.25, 0.3) is 5.91 Å². The molecule has 0 spiro atoms. The first-order chi connectivity index (χ1) is 15.5. The van der Waals surface area contributed by atoms with E-state index in [1.807, 2.05) is 73.7 Å². The molecule has 1 atom stereocenters. The van der Waals surface area contributed by atoms with Gasteiger partial charge in [-0.05, 0) is 48.4 Å². The maximum atomic E-state index is 13.2. The summed E-state index contributed by atoms with van der Waals surface area (Å²) in [6.07, 6.45) is 1.66. The number of anilines is 1. The average Bonchev–Trinajstić information content (AvgIpc) is 2.82. The standard InChI is InChI=1S/C26H24N2O4/c1-18(20-8-4-3-5-9-20)27-25(29)17-28-22-10-6-7-11-23(22)32-24(26(28)30)16-19-12-14-21(31-2)15-13-19/h3-16,18H,17H2,1-2H3,(H,27,29). The van der Waals surface area contributed by atoms with Crippen LogP contribution in [0.1, 0.15) is 24.1 Å². The second kappa shape index (κ2) is 9.39. The zero-order valence-corrected chi connectivity index (χ0v) is 17.9. The molecule has 1 N–H and O–H groups in total. The number of rotatable bonds is 6. The average molecular weight is 428 g/mol. The number of carbonyl (C=O) groups is 2. The van der Waals surface area contributed by atoms with E-state index in [1.165, 1.54) is 4.90 Å². The third-order valence-electron chi connectivity index (χ3n) is 5.22. The van der Waals surface area contributed by atoms with E-state index in [0.717, 1.165) is 16.9 Å². The van der Waals surface area contributed by atoms with E-state index < -0.39 is 0 Å². The number of hydrogen-bond donors (Lipinski definition) is 1. The molecule has 2 amide bonds. The summed E-state index contributed by atoms with van der Waals surface area (Å²) in [6.45, 7) is 1.80. The first kappa shape index (κ1) is 21.2. The van der Waals surface area contributed by atoms with Crippen molar-refractivity contribution >= 4 is 23.6 Å². The molecule has 6 nitrogen and oxygen atoms in total. The molecule has 1 aliphatic heterocycles. The van der Waals surface area contributed by atoms with Gasteiger partial charge in [-0.2, -0.15) is 0 Å². The number of nitrogens with zero attached hydrogens (tertiary/aromatic N) is 1. The second-order valence-corrected chi connectivity index (χ2v) is 7.44. The van der Waals surface area contributed by atoms with Crippen LogP contribution in [-0.4, -0.2) is 25.5 Å². The summed E-state index contributed by atoms with van der Waals surface area (Å²) in [7, 11) is 1.60. The van der Waals surface area contributed by atoms with Gasteiger partial charge in [0.05, 0.1) is 18.8 Å². The van der Waals surface area contributed by atoms with E-state index in [1.54, 1.807) is 25.3 Å². The first-order valence-corrected chi connectivity index (χ1v) is 10.3. The Bertz CT molecular complexity index is 1140. The number of carbonyl (C=O) groups excluding carboxylic acids is 2. The Morgan fingerprint density at radius 2 is 1.72 bits per heavy atom. The van der Waals surface area contributed by atoms with Gasteiger partial charge in [0.15, 0.2) is 11.5 Å². The Balaban J connectivity index is 1.56. The zero-order chi connectivity index (χ0) is 22.5. The molecule has 0 aliphatic carbocycles. The van der Waals surface area contributed by atoms with Gasteiger partial charge in [0, 0.05) is 0 Å². The van der Waals surface area contributed by atoms with E-state index in [-0.39, 0.29) is 30.2 Å². The summed E-state index contributed by atoms with van der Waals surface area (Å²) >= 11 is 0. The van der Waals surface area contributed by atoms with Crippen LogP contribution in [0, 0.1) is 0 Å². The Morgan fingerprint density at radius 3 is 2.44 bits per heavy atom. The lowest BCUT2D eigenvalue weighted by molar-refractivity contribution is -0.123. The number of fused-ring (bicyclic) bond motifs is 1. The van der Waals surface area contributed by atoms with Crippen LogP contribution in [0.5, 0.6) is 11.5 Å². The molecule has 0 saturated carbocycles. The van der Waals surface area contributed by atoms with Gasteiger partial charge in [-0.3, -0.25) is 14.5 Å². The van der Waals surface area contributed by atoms with Crippen LogP contribution >= 0.6 is 0 Å². The van der Waals surface area contributed by atoms with Crippen LogP contribution in [-0.2, 0) is 9.59 Å². The highest BCUT2D eigenvalue weighted by molar-refractivity contribution is 6.12.